The van der Waals surface area contributed by atoms with Crippen molar-refractivity contribution in [2.45, 2.75) is 58.8 Å². The van der Waals surface area contributed by atoms with Crippen LogP contribution in [0.2, 0.25) is 0 Å². The Labute approximate surface area is 188 Å². The van der Waals surface area contributed by atoms with Gasteiger partial charge in [-0.25, -0.2) is 0 Å². The molecule has 164 valence electrons. The molecule has 3 rings (SSSR count). The lowest BCUT2D eigenvalue weighted by Gasteiger charge is -2.11. The molecule has 0 unspecified atom stereocenters. The average Bonchev–Trinajstić information content (AvgIpc) is 3.15. The van der Waals surface area contributed by atoms with Gasteiger partial charge in [-0.05, 0) is 61.6 Å². The van der Waals surface area contributed by atoms with Crippen molar-refractivity contribution in [1.82, 2.24) is 14.8 Å². The van der Waals surface area contributed by atoms with E-state index >= 15 is 0 Å². The molecular formula is C24H30N4O2S. The third kappa shape index (κ3) is 6.10. The van der Waals surface area contributed by atoms with E-state index in [-0.39, 0.29) is 11.7 Å². The van der Waals surface area contributed by atoms with Crippen molar-refractivity contribution < 1.29 is 9.53 Å². The number of anilines is 1. The molecule has 0 saturated heterocycles. The summed E-state index contributed by atoms with van der Waals surface area (Å²) in [5.74, 6) is 2.26. The minimum atomic E-state index is -0.0684. The lowest BCUT2D eigenvalue weighted by atomic mass is 10.0. The predicted octanol–water partition coefficient (Wildman–Crippen LogP) is 5.35. The summed E-state index contributed by atoms with van der Waals surface area (Å²) in [7, 11) is 0. The zero-order chi connectivity index (χ0) is 22.4. The van der Waals surface area contributed by atoms with Gasteiger partial charge in [-0.1, -0.05) is 49.9 Å². The second-order valence-corrected chi connectivity index (χ2v) is 8.76. The second kappa shape index (κ2) is 10.5. The van der Waals surface area contributed by atoms with Crippen molar-refractivity contribution >= 4 is 23.4 Å². The number of amides is 1. The van der Waals surface area contributed by atoms with Crippen LogP contribution in [0.4, 0.5) is 5.69 Å². The molecule has 1 heterocycles. The Kier molecular flexibility index (Phi) is 7.74. The molecule has 7 heteroatoms. The van der Waals surface area contributed by atoms with Crippen molar-refractivity contribution in [3.05, 3.63) is 65.0 Å². The summed E-state index contributed by atoms with van der Waals surface area (Å²) >= 11 is 1.38. The molecular weight excluding hydrogens is 408 g/mol. The van der Waals surface area contributed by atoms with Crippen molar-refractivity contribution in [3.63, 3.8) is 0 Å². The lowest BCUT2D eigenvalue weighted by molar-refractivity contribution is -0.113. The van der Waals surface area contributed by atoms with E-state index in [4.69, 9.17) is 4.74 Å². The Morgan fingerprint density at radius 2 is 1.87 bits per heavy atom. The molecule has 0 spiro atoms. The smallest absolute Gasteiger partial charge is 0.234 e. The van der Waals surface area contributed by atoms with Crippen LogP contribution in [0.5, 0.6) is 5.75 Å². The highest BCUT2D eigenvalue weighted by atomic mass is 32.2. The maximum absolute atomic E-state index is 12.4. The first-order valence-electron chi connectivity index (χ1n) is 10.5. The summed E-state index contributed by atoms with van der Waals surface area (Å²) in [5.41, 5.74) is 4.29. The largest absolute Gasteiger partial charge is 0.485 e. The molecule has 6 nitrogen and oxygen atoms in total. The van der Waals surface area contributed by atoms with Crippen molar-refractivity contribution in [3.8, 4) is 5.75 Å². The number of nitrogens with zero attached hydrogens (tertiary/aromatic N) is 3. The molecule has 0 saturated carbocycles. The number of hydrogen-bond acceptors (Lipinski definition) is 5. The standard InChI is InChI=1S/C24H30N4O2S/c1-6-28-22(14-30-21-13-17(4)7-8-18(21)5)26-27-24(28)31-15-23(29)25-20-11-9-19(10-12-20)16(2)3/h7-13,16H,6,14-15H2,1-5H3,(H,25,29). The van der Waals surface area contributed by atoms with E-state index in [2.05, 4.69) is 35.4 Å². The third-order valence-corrected chi connectivity index (χ3v) is 5.97. The highest BCUT2D eigenvalue weighted by molar-refractivity contribution is 7.99. The molecule has 0 atom stereocenters. The van der Waals surface area contributed by atoms with E-state index in [9.17, 15) is 4.79 Å². The number of hydrogen-bond donors (Lipinski definition) is 1. The van der Waals surface area contributed by atoms with Crippen LogP contribution >= 0.6 is 11.8 Å². The van der Waals surface area contributed by atoms with Gasteiger partial charge in [0.05, 0.1) is 5.75 Å². The van der Waals surface area contributed by atoms with Crippen LogP contribution < -0.4 is 10.1 Å². The summed E-state index contributed by atoms with van der Waals surface area (Å²) in [6.07, 6.45) is 0. The molecule has 1 aromatic heterocycles. The van der Waals surface area contributed by atoms with Crippen LogP contribution in [0.3, 0.4) is 0 Å². The molecule has 0 bridgehead atoms. The number of thioether (sulfide) groups is 1. The van der Waals surface area contributed by atoms with Gasteiger partial charge in [0, 0.05) is 12.2 Å². The SMILES string of the molecule is CCn1c(COc2cc(C)ccc2C)nnc1SCC(=O)Nc1ccc(C(C)C)cc1. The number of nitrogens with one attached hydrogen (secondary N) is 1. The Bertz CT molecular complexity index is 1030. The van der Waals surface area contributed by atoms with E-state index in [1.54, 1.807) is 0 Å². The molecule has 1 amide bonds. The summed E-state index contributed by atoms with van der Waals surface area (Å²) in [6, 6.07) is 14.1. The van der Waals surface area contributed by atoms with Gasteiger partial charge in [-0.3, -0.25) is 4.79 Å². The van der Waals surface area contributed by atoms with Crippen LogP contribution in [0.1, 0.15) is 49.2 Å². The van der Waals surface area contributed by atoms with Gasteiger partial charge >= 0.3 is 0 Å². The average molecular weight is 439 g/mol. The number of rotatable bonds is 9. The normalized spacial score (nSPS) is 11.0. The van der Waals surface area contributed by atoms with Gasteiger partial charge in [0.2, 0.25) is 5.91 Å². The van der Waals surface area contributed by atoms with Gasteiger partial charge in [0.25, 0.3) is 0 Å². The number of benzene rings is 2. The zero-order valence-corrected chi connectivity index (χ0v) is 19.6. The number of carbonyl (C=O) groups is 1. The lowest BCUT2D eigenvalue weighted by Crippen LogP contribution is -2.15. The van der Waals surface area contributed by atoms with E-state index in [1.165, 1.54) is 17.3 Å². The molecule has 31 heavy (non-hydrogen) atoms. The third-order valence-electron chi connectivity index (χ3n) is 5.00. The highest BCUT2D eigenvalue weighted by Crippen LogP contribution is 2.22. The topological polar surface area (TPSA) is 69.0 Å². The molecule has 3 aromatic rings. The summed E-state index contributed by atoms with van der Waals surface area (Å²) < 4.78 is 7.97. The molecule has 0 fully saturated rings. The predicted molar refractivity (Wildman–Crippen MR) is 126 cm³/mol. The maximum atomic E-state index is 12.4. The van der Waals surface area contributed by atoms with Crippen LogP contribution in [0.15, 0.2) is 47.6 Å². The summed E-state index contributed by atoms with van der Waals surface area (Å²) in [5, 5.41) is 12.2. The minimum Gasteiger partial charge on any atom is -0.485 e. The van der Waals surface area contributed by atoms with Gasteiger partial charge in [-0.2, -0.15) is 0 Å². The van der Waals surface area contributed by atoms with Gasteiger partial charge in [0.15, 0.2) is 11.0 Å². The van der Waals surface area contributed by atoms with Crippen LogP contribution in [-0.4, -0.2) is 26.4 Å². The van der Waals surface area contributed by atoms with Crippen molar-refractivity contribution in [2.24, 2.45) is 0 Å². The maximum Gasteiger partial charge on any atom is 0.234 e. The monoisotopic (exact) mass is 438 g/mol. The van der Waals surface area contributed by atoms with Crippen molar-refractivity contribution in [1.29, 1.82) is 0 Å². The second-order valence-electron chi connectivity index (χ2n) is 7.81. The minimum absolute atomic E-state index is 0.0684. The fourth-order valence-corrected chi connectivity index (χ4v) is 3.96. The first-order chi connectivity index (χ1) is 14.9. The number of aryl methyl sites for hydroxylation is 2. The number of carbonyl (C=O) groups excluding carboxylic acids is 1. The first-order valence-corrected chi connectivity index (χ1v) is 11.5. The Morgan fingerprint density at radius 1 is 1.13 bits per heavy atom. The van der Waals surface area contributed by atoms with Crippen LogP contribution in [-0.2, 0) is 17.9 Å². The highest BCUT2D eigenvalue weighted by Gasteiger charge is 2.14. The zero-order valence-electron chi connectivity index (χ0n) is 18.8. The van der Waals surface area contributed by atoms with E-state index < -0.39 is 0 Å². The van der Waals surface area contributed by atoms with Crippen LogP contribution in [0.25, 0.3) is 0 Å². The molecule has 2 aromatic carbocycles. The Balaban J connectivity index is 1.57. The first kappa shape index (κ1) is 22.9. The number of ether oxygens (including phenoxy) is 1. The van der Waals surface area contributed by atoms with E-state index in [0.717, 1.165) is 28.4 Å². The Morgan fingerprint density at radius 3 is 2.55 bits per heavy atom. The van der Waals surface area contributed by atoms with Gasteiger partial charge < -0.3 is 14.6 Å². The molecule has 0 radical (unpaired) electrons. The fourth-order valence-electron chi connectivity index (χ4n) is 3.13. The molecule has 0 aliphatic carbocycles. The van der Waals surface area contributed by atoms with E-state index in [1.807, 2.05) is 61.7 Å². The van der Waals surface area contributed by atoms with Gasteiger partial charge in [-0.15, -0.1) is 10.2 Å². The fraction of sp³-hybridized carbons (Fsp3) is 0.375. The number of aromatic nitrogens is 3. The molecule has 0 aliphatic rings. The van der Waals surface area contributed by atoms with Crippen LogP contribution in [0, 0.1) is 13.8 Å². The summed E-state index contributed by atoms with van der Waals surface area (Å²) in [6.45, 7) is 11.4. The Hall–Kier alpha value is -2.80. The van der Waals surface area contributed by atoms with E-state index in [0.29, 0.717) is 24.2 Å². The molecule has 0 aliphatic heterocycles. The molecule has 1 N–H and O–H groups in total. The quantitative estimate of drug-likeness (QED) is 0.456. The van der Waals surface area contributed by atoms with Crippen molar-refractivity contribution in [2.75, 3.05) is 11.1 Å². The summed E-state index contributed by atoms with van der Waals surface area (Å²) in [4.78, 5) is 12.4. The van der Waals surface area contributed by atoms with Gasteiger partial charge in [0.1, 0.15) is 12.4 Å².